The molecule has 0 spiro atoms. The number of ether oxygens (including phenoxy) is 1. The normalized spacial score (nSPS) is 11.7. The smallest absolute Gasteiger partial charge is 0.136 e. The van der Waals surface area contributed by atoms with Crippen molar-refractivity contribution in [1.82, 2.24) is 5.32 Å². The third kappa shape index (κ3) is 4.34. The van der Waals surface area contributed by atoms with Crippen LogP contribution in [0, 0.1) is 11.3 Å². The van der Waals surface area contributed by atoms with E-state index in [0.29, 0.717) is 17.4 Å². The Kier molecular flexibility index (Phi) is 5.36. The van der Waals surface area contributed by atoms with Crippen LogP contribution >= 0.6 is 0 Å². The van der Waals surface area contributed by atoms with Crippen molar-refractivity contribution < 1.29 is 4.74 Å². The second-order valence-corrected chi connectivity index (χ2v) is 5.12. The largest absolute Gasteiger partial charge is 0.495 e. The van der Waals surface area contributed by atoms with Crippen LogP contribution in [0.2, 0.25) is 0 Å². The quantitative estimate of drug-likeness (QED) is 0.883. The highest BCUT2D eigenvalue weighted by atomic mass is 16.5. The minimum Gasteiger partial charge on any atom is -0.495 e. The van der Waals surface area contributed by atoms with E-state index in [1.165, 1.54) is 5.56 Å². The molecule has 0 amide bonds. The molecule has 0 aliphatic carbocycles. The van der Waals surface area contributed by atoms with Gasteiger partial charge in [-0.1, -0.05) is 36.4 Å². The van der Waals surface area contributed by atoms with Crippen LogP contribution in [-0.4, -0.2) is 13.2 Å². The highest BCUT2D eigenvalue weighted by Crippen LogP contribution is 2.19. The van der Waals surface area contributed by atoms with Crippen molar-refractivity contribution in [2.24, 2.45) is 0 Å². The monoisotopic (exact) mass is 280 g/mol. The van der Waals surface area contributed by atoms with Crippen molar-refractivity contribution in [3.8, 4) is 11.8 Å². The van der Waals surface area contributed by atoms with E-state index >= 15 is 0 Å². The number of methoxy groups -OCH3 is 1. The third-order valence-electron chi connectivity index (χ3n) is 3.43. The van der Waals surface area contributed by atoms with Crippen molar-refractivity contribution in [2.75, 3.05) is 7.11 Å². The zero-order valence-electron chi connectivity index (χ0n) is 12.5. The number of hydrogen-bond donors (Lipinski definition) is 1. The van der Waals surface area contributed by atoms with Crippen molar-refractivity contribution in [1.29, 1.82) is 5.26 Å². The fourth-order valence-corrected chi connectivity index (χ4v) is 2.27. The van der Waals surface area contributed by atoms with E-state index in [1.54, 1.807) is 13.2 Å². The molecular weight excluding hydrogens is 260 g/mol. The van der Waals surface area contributed by atoms with Crippen LogP contribution in [0.4, 0.5) is 0 Å². The van der Waals surface area contributed by atoms with Gasteiger partial charge in [0.05, 0.1) is 12.7 Å². The van der Waals surface area contributed by atoms with Crippen LogP contribution in [-0.2, 0) is 13.0 Å². The summed E-state index contributed by atoms with van der Waals surface area (Å²) in [6, 6.07) is 18.6. The molecule has 3 heteroatoms. The molecule has 0 saturated carbocycles. The van der Waals surface area contributed by atoms with E-state index in [0.717, 1.165) is 18.5 Å². The molecule has 1 atom stereocenters. The summed E-state index contributed by atoms with van der Waals surface area (Å²) in [4.78, 5) is 0. The average Bonchev–Trinajstić information content (AvgIpc) is 2.53. The molecule has 108 valence electrons. The highest BCUT2D eigenvalue weighted by Gasteiger charge is 2.06. The van der Waals surface area contributed by atoms with Crippen LogP contribution < -0.4 is 10.1 Å². The van der Waals surface area contributed by atoms with Crippen LogP contribution in [0.1, 0.15) is 23.6 Å². The van der Waals surface area contributed by atoms with Crippen LogP contribution in [0.15, 0.2) is 48.5 Å². The van der Waals surface area contributed by atoms with E-state index < -0.39 is 0 Å². The highest BCUT2D eigenvalue weighted by molar-refractivity contribution is 5.45. The summed E-state index contributed by atoms with van der Waals surface area (Å²) >= 11 is 0. The second-order valence-electron chi connectivity index (χ2n) is 5.12. The second kappa shape index (κ2) is 7.47. The van der Waals surface area contributed by atoms with Gasteiger partial charge in [0.2, 0.25) is 0 Å². The van der Waals surface area contributed by atoms with Gasteiger partial charge in [0, 0.05) is 12.6 Å². The molecule has 0 bridgehead atoms. The van der Waals surface area contributed by atoms with E-state index in [2.05, 4.69) is 42.6 Å². The molecule has 2 aromatic rings. The predicted octanol–water partition coefficient (Wildman–Crippen LogP) is 3.29. The molecular formula is C18H20N2O. The molecule has 1 unspecified atom stereocenters. The van der Waals surface area contributed by atoms with Gasteiger partial charge in [-0.2, -0.15) is 5.26 Å². The minimum atomic E-state index is 0.383. The molecule has 3 nitrogen and oxygen atoms in total. The first kappa shape index (κ1) is 15.1. The molecule has 0 aliphatic rings. The first-order chi connectivity index (χ1) is 10.2. The van der Waals surface area contributed by atoms with E-state index in [1.807, 2.05) is 18.2 Å². The van der Waals surface area contributed by atoms with Crippen LogP contribution in [0.3, 0.4) is 0 Å². The molecule has 2 rings (SSSR count). The van der Waals surface area contributed by atoms with Gasteiger partial charge in [-0.15, -0.1) is 0 Å². The Balaban J connectivity index is 1.92. The third-order valence-corrected chi connectivity index (χ3v) is 3.43. The summed E-state index contributed by atoms with van der Waals surface area (Å²) in [5.74, 6) is 0.632. The van der Waals surface area contributed by atoms with Gasteiger partial charge in [0.15, 0.2) is 0 Å². The summed E-state index contributed by atoms with van der Waals surface area (Å²) in [6.07, 6.45) is 0.994. The predicted molar refractivity (Wildman–Crippen MR) is 84.2 cm³/mol. The maximum absolute atomic E-state index is 8.98. The zero-order valence-corrected chi connectivity index (χ0v) is 12.5. The lowest BCUT2D eigenvalue weighted by Crippen LogP contribution is -2.27. The summed E-state index contributed by atoms with van der Waals surface area (Å²) in [6.45, 7) is 2.93. The number of rotatable bonds is 6. The Morgan fingerprint density at radius 3 is 2.57 bits per heavy atom. The first-order valence-corrected chi connectivity index (χ1v) is 7.07. The lowest BCUT2D eigenvalue weighted by Gasteiger charge is -2.14. The molecule has 0 saturated heterocycles. The summed E-state index contributed by atoms with van der Waals surface area (Å²) in [5, 5.41) is 12.5. The van der Waals surface area contributed by atoms with Gasteiger partial charge in [-0.3, -0.25) is 0 Å². The van der Waals surface area contributed by atoms with E-state index in [4.69, 9.17) is 10.00 Å². The lowest BCUT2D eigenvalue weighted by atomic mass is 10.1. The molecule has 0 radical (unpaired) electrons. The number of benzene rings is 2. The van der Waals surface area contributed by atoms with Gasteiger partial charge in [0.25, 0.3) is 0 Å². The van der Waals surface area contributed by atoms with Crippen LogP contribution in [0.5, 0.6) is 5.75 Å². The number of nitrogens with zero attached hydrogens (tertiary/aromatic N) is 1. The van der Waals surface area contributed by atoms with E-state index in [-0.39, 0.29) is 0 Å². The van der Waals surface area contributed by atoms with Gasteiger partial charge in [-0.25, -0.2) is 0 Å². The Hall–Kier alpha value is -2.31. The van der Waals surface area contributed by atoms with E-state index in [9.17, 15) is 0 Å². The lowest BCUT2D eigenvalue weighted by molar-refractivity contribution is 0.412. The summed E-state index contributed by atoms with van der Waals surface area (Å²) < 4.78 is 5.23. The number of nitriles is 1. The molecule has 21 heavy (non-hydrogen) atoms. The maximum atomic E-state index is 8.98. The van der Waals surface area contributed by atoms with Crippen molar-refractivity contribution in [3.63, 3.8) is 0 Å². The summed E-state index contributed by atoms with van der Waals surface area (Å²) in [5.41, 5.74) is 3.01. The van der Waals surface area contributed by atoms with Crippen molar-refractivity contribution in [2.45, 2.75) is 25.9 Å². The standard InChI is InChI=1S/C18H20N2O/c1-14(10-15-6-4-3-5-7-15)20-13-16-8-9-17(12-19)18(11-16)21-2/h3-9,11,14,20H,10,13H2,1-2H3. The van der Waals surface area contributed by atoms with Gasteiger partial charge < -0.3 is 10.1 Å². The average molecular weight is 280 g/mol. The van der Waals surface area contributed by atoms with Gasteiger partial charge >= 0.3 is 0 Å². The molecule has 2 aromatic carbocycles. The van der Waals surface area contributed by atoms with Gasteiger partial charge in [-0.05, 0) is 36.6 Å². The topological polar surface area (TPSA) is 45.0 Å². The fourth-order valence-electron chi connectivity index (χ4n) is 2.27. The molecule has 0 aliphatic heterocycles. The van der Waals surface area contributed by atoms with Gasteiger partial charge in [0.1, 0.15) is 11.8 Å². The number of nitrogens with one attached hydrogen (secondary N) is 1. The van der Waals surface area contributed by atoms with Crippen molar-refractivity contribution in [3.05, 3.63) is 65.2 Å². The first-order valence-electron chi connectivity index (χ1n) is 7.07. The Bertz CT molecular complexity index is 617. The Labute approximate surface area is 126 Å². The van der Waals surface area contributed by atoms with Crippen molar-refractivity contribution >= 4 is 0 Å². The zero-order chi connectivity index (χ0) is 15.1. The molecule has 1 N–H and O–H groups in total. The molecule has 0 aromatic heterocycles. The van der Waals surface area contributed by atoms with Crippen LogP contribution in [0.25, 0.3) is 0 Å². The maximum Gasteiger partial charge on any atom is 0.136 e. The Morgan fingerprint density at radius 2 is 1.90 bits per heavy atom. The fraction of sp³-hybridized carbons (Fsp3) is 0.278. The molecule has 0 heterocycles. The SMILES string of the molecule is COc1cc(CNC(C)Cc2ccccc2)ccc1C#N. The Morgan fingerprint density at radius 1 is 1.14 bits per heavy atom. The molecule has 0 fully saturated rings. The number of hydrogen-bond acceptors (Lipinski definition) is 3. The summed E-state index contributed by atoms with van der Waals surface area (Å²) in [7, 11) is 1.59. The minimum absolute atomic E-state index is 0.383.